The minimum absolute atomic E-state index is 0.0540. The van der Waals surface area contributed by atoms with Crippen LogP contribution in [-0.2, 0) is 26.2 Å². The van der Waals surface area contributed by atoms with Crippen LogP contribution in [0.2, 0.25) is 5.02 Å². The van der Waals surface area contributed by atoms with Crippen LogP contribution >= 0.6 is 11.6 Å². The molecular weight excluding hydrogens is 494 g/mol. The van der Waals surface area contributed by atoms with Crippen molar-refractivity contribution in [2.24, 2.45) is 0 Å². The average molecular weight is 524 g/mol. The summed E-state index contributed by atoms with van der Waals surface area (Å²) >= 11 is 6.08. The molecule has 1 heterocycles. The van der Waals surface area contributed by atoms with Crippen LogP contribution in [0.15, 0.2) is 42.5 Å². The second kappa shape index (κ2) is 11.6. The molecule has 0 aromatic heterocycles. The Labute approximate surface area is 211 Å². The number of amides is 2. The lowest BCUT2D eigenvalue weighted by Gasteiger charge is -2.29. The Hall–Kier alpha value is -2.98. The van der Waals surface area contributed by atoms with Gasteiger partial charge in [-0.1, -0.05) is 23.7 Å². The van der Waals surface area contributed by atoms with Gasteiger partial charge in [-0.15, -0.1) is 0 Å². The predicted octanol–water partition coefficient (Wildman–Crippen LogP) is 2.82. The van der Waals surface area contributed by atoms with Gasteiger partial charge in [-0.25, -0.2) is 8.42 Å². The van der Waals surface area contributed by atoms with E-state index in [4.69, 9.17) is 21.1 Å². The van der Waals surface area contributed by atoms with E-state index in [-0.39, 0.29) is 37.7 Å². The molecule has 1 aliphatic rings. The molecule has 0 bridgehead atoms. The van der Waals surface area contributed by atoms with Gasteiger partial charge in [0.2, 0.25) is 21.8 Å². The summed E-state index contributed by atoms with van der Waals surface area (Å²) in [6.45, 7) is 2.76. The highest BCUT2D eigenvalue weighted by Gasteiger charge is 2.26. The van der Waals surface area contributed by atoms with Gasteiger partial charge in [-0.3, -0.25) is 13.9 Å². The lowest BCUT2D eigenvalue weighted by Crippen LogP contribution is -2.46. The van der Waals surface area contributed by atoms with Crippen molar-refractivity contribution in [3.63, 3.8) is 0 Å². The normalized spacial score (nSPS) is 13.6. The van der Waals surface area contributed by atoms with Gasteiger partial charge in [-0.2, -0.15) is 0 Å². The van der Waals surface area contributed by atoms with E-state index < -0.39 is 16.1 Å². The fourth-order valence-electron chi connectivity index (χ4n) is 3.81. The number of anilines is 1. The highest BCUT2D eigenvalue weighted by Crippen LogP contribution is 2.34. The third-order valence-corrected chi connectivity index (χ3v) is 7.05. The van der Waals surface area contributed by atoms with Gasteiger partial charge in [0.05, 0.1) is 11.9 Å². The smallest absolute Gasteiger partial charge is 0.242 e. The molecule has 9 nitrogen and oxygen atoms in total. The van der Waals surface area contributed by atoms with Gasteiger partial charge in [-0.05, 0) is 43.2 Å². The Kier molecular flexibility index (Phi) is 8.85. The van der Waals surface area contributed by atoms with Gasteiger partial charge >= 0.3 is 0 Å². The molecule has 11 heteroatoms. The third kappa shape index (κ3) is 7.02. The van der Waals surface area contributed by atoms with Crippen LogP contribution in [0.1, 0.15) is 25.3 Å². The minimum Gasteiger partial charge on any atom is -0.486 e. The van der Waals surface area contributed by atoms with Crippen molar-refractivity contribution in [1.82, 2.24) is 10.2 Å². The highest BCUT2D eigenvalue weighted by molar-refractivity contribution is 7.92. The number of likely N-dealkylation sites (N-methyl/N-ethyl adjacent to an activating group) is 1. The van der Waals surface area contributed by atoms with E-state index in [0.29, 0.717) is 35.4 Å². The second-order valence-electron chi connectivity index (χ2n) is 8.21. The highest BCUT2D eigenvalue weighted by atomic mass is 35.5. The molecular formula is C24H30ClN3O6S. The molecule has 1 atom stereocenters. The topological polar surface area (TPSA) is 105 Å². The Morgan fingerprint density at radius 1 is 1.11 bits per heavy atom. The number of hydrogen-bond acceptors (Lipinski definition) is 6. The number of nitrogens with one attached hydrogen (secondary N) is 1. The average Bonchev–Trinajstić information content (AvgIpc) is 2.83. The molecule has 0 spiro atoms. The number of carbonyl (C=O) groups is 2. The Bertz CT molecular complexity index is 1170. The summed E-state index contributed by atoms with van der Waals surface area (Å²) in [6, 6.07) is 11.3. The van der Waals surface area contributed by atoms with E-state index in [2.05, 4.69) is 5.32 Å². The molecule has 0 radical (unpaired) electrons. The number of carbonyl (C=O) groups excluding carboxylic acids is 2. The van der Waals surface area contributed by atoms with Crippen LogP contribution in [-0.4, -0.2) is 64.2 Å². The number of ether oxygens (including phenoxy) is 2. The predicted molar refractivity (Wildman–Crippen MR) is 134 cm³/mol. The van der Waals surface area contributed by atoms with Gasteiger partial charge < -0.3 is 19.7 Å². The Balaban J connectivity index is 1.72. The van der Waals surface area contributed by atoms with E-state index in [1.54, 1.807) is 43.3 Å². The van der Waals surface area contributed by atoms with E-state index >= 15 is 0 Å². The lowest BCUT2D eigenvalue weighted by atomic mass is 10.1. The fraction of sp³-hybridized carbons (Fsp3) is 0.417. The molecule has 3 rings (SSSR count). The van der Waals surface area contributed by atoms with Gasteiger partial charge in [0.15, 0.2) is 11.5 Å². The minimum atomic E-state index is -3.62. The lowest BCUT2D eigenvalue weighted by molar-refractivity contribution is -0.140. The summed E-state index contributed by atoms with van der Waals surface area (Å²) in [5, 5.41) is 3.10. The second-order valence-corrected chi connectivity index (χ2v) is 10.6. The van der Waals surface area contributed by atoms with E-state index in [9.17, 15) is 18.0 Å². The third-order valence-electron chi connectivity index (χ3n) is 5.62. The SMILES string of the molecule is CNC(=O)[C@H](C)N(Cc1cccc(Cl)c1)C(=O)CCCN(c1ccc2c(c1)OCCO2)S(C)(=O)=O. The van der Waals surface area contributed by atoms with Crippen LogP contribution in [0, 0.1) is 0 Å². The first-order valence-corrected chi connectivity index (χ1v) is 13.5. The summed E-state index contributed by atoms with van der Waals surface area (Å²) in [7, 11) is -2.10. The van der Waals surface area contributed by atoms with Crippen LogP contribution in [0.25, 0.3) is 0 Å². The van der Waals surface area contributed by atoms with Crippen molar-refractivity contribution < 1.29 is 27.5 Å². The molecule has 0 fully saturated rings. The first kappa shape index (κ1) is 26.6. The largest absolute Gasteiger partial charge is 0.486 e. The Morgan fingerprint density at radius 3 is 2.49 bits per heavy atom. The number of nitrogens with zero attached hydrogens (tertiary/aromatic N) is 2. The standard InChI is InChI=1S/C24H30ClN3O6S/c1-17(24(30)26-2)27(16-18-6-4-7-19(25)14-18)23(29)8-5-11-28(35(3,31)32)20-9-10-21-22(15-20)34-13-12-33-21/h4,6-7,9-10,14-15,17H,5,8,11-13,16H2,1-3H3,(H,26,30)/t17-/m0/s1. The number of hydrogen-bond donors (Lipinski definition) is 1. The fourth-order valence-corrected chi connectivity index (χ4v) is 4.98. The number of fused-ring (bicyclic) bond motifs is 1. The van der Waals surface area contributed by atoms with Crippen LogP contribution in [0.3, 0.4) is 0 Å². The maximum Gasteiger partial charge on any atom is 0.242 e. The molecule has 0 saturated carbocycles. The van der Waals surface area contributed by atoms with Crippen molar-refractivity contribution in [2.75, 3.05) is 37.4 Å². The van der Waals surface area contributed by atoms with Crippen molar-refractivity contribution in [1.29, 1.82) is 0 Å². The summed E-state index contributed by atoms with van der Waals surface area (Å²) in [5.74, 6) is 0.472. The molecule has 190 valence electrons. The molecule has 1 N–H and O–H groups in total. The van der Waals surface area contributed by atoms with E-state index in [1.807, 2.05) is 6.07 Å². The van der Waals surface area contributed by atoms with Crippen LogP contribution in [0.5, 0.6) is 11.5 Å². The first-order valence-electron chi connectivity index (χ1n) is 11.2. The molecule has 35 heavy (non-hydrogen) atoms. The monoisotopic (exact) mass is 523 g/mol. The van der Waals surface area contributed by atoms with E-state index in [1.165, 1.54) is 16.3 Å². The van der Waals surface area contributed by atoms with Gasteiger partial charge in [0, 0.05) is 37.6 Å². The number of sulfonamides is 1. The van der Waals surface area contributed by atoms with Gasteiger partial charge in [0.1, 0.15) is 19.3 Å². The summed E-state index contributed by atoms with van der Waals surface area (Å²) in [5.41, 5.74) is 1.22. The molecule has 1 aliphatic heterocycles. The number of halogens is 1. The van der Waals surface area contributed by atoms with E-state index in [0.717, 1.165) is 11.8 Å². The van der Waals surface area contributed by atoms with Crippen molar-refractivity contribution in [2.45, 2.75) is 32.4 Å². The number of rotatable bonds is 10. The molecule has 2 amide bonds. The van der Waals surface area contributed by atoms with Crippen LogP contribution < -0.4 is 19.1 Å². The summed E-state index contributed by atoms with van der Waals surface area (Å²) < 4.78 is 37.3. The maximum atomic E-state index is 13.2. The van der Waals surface area contributed by atoms with Crippen LogP contribution in [0.4, 0.5) is 5.69 Å². The van der Waals surface area contributed by atoms with Gasteiger partial charge in [0.25, 0.3) is 0 Å². The number of benzene rings is 2. The molecule has 0 saturated heterocycles. The molecule has 2 aromatic rings. The zero-order valence-electron chi connectivity index (χ0n) is 20.0. The van der Waals surface area contributed by atoms with Crippen molar-refractivity contribution >= 4 is 39.1 Å². The molecule has 0 unspecified atom stereocenters. The quantitative estimate of drug-likeness (QED) is 0.513. The zero-order valence-corrected chi connectivity index (χ0v) is 21.6. The zero-order chi connectivity index (χ0) is 25.6. The summed E-state index contributed by atoms with van der Waals surface area (Å²) in [6.07, 6.45) is 1.43. The Morgan fingerprint density at radius 2 is 1.83 bits per heavy atom. The molecule has 2 aromatic carbocycles. The summed E-state index contributed by atoms with van der Waals surface area (Å²) in [4.78, 5) is 26.9. The molecule has 0 aliphatic carbocycles. The van der Waals surface area contributed by atoms with Crippen molar-refractivity contribution in [3.8, 4) is 11.5 Å². The van der Waals surface area contributed by atoms with Crippen molar-refractivity contribution in [3.05, 3.63) is 53.1 Å². The first-order chi connectivity index (χ1) is 16.6. The maximum absolute atomic E-state index is 13.2.